The van der Waals surface area contributed by atoms with Gasteiger partial charge in [-0.1, -0.05) is 58.6 Å². The molecule has 0 aliphatic carbocycles. The number of alkyl halides is 3. The average molecular weight is 719 g/mol. The van der Waals surface area contributed by atoms with Gasteiger partial charge in [-0.05, 0) is 65.4 Å². The minimum Gasteiger partial charge on any atom is -0.465 e. The molecule has 0 radical (unpaired) electrons. The van der Waals surface area contributed by atoms with E-state index < -0.39 is 46.5 Å². The SMILES string of the molecule is CC(C)(C)[C@]1(c2ncc(-c3ccc(-c4ccc5cc(OS(=O)(=O)C(F)(F)F)ccc5c4)nc3)n2COCC[Si](C)(C)C)CCCN1C(=O)O. The van der Waals surface area contributed by atoms with Gasteiger partial charge in [0.15, 0.2) is 0 Å². The van der Waals surface area contributed by atoms with Crippen molar-refractivity contribution in [3.05, 3.63) is 66.7 Å². The molecule has 4 aromatic rings. The number of halogens is 3. The van der Waals surface area contributed by atoms with Crippen molar-refractivity contribution < 1.29 is 40.4 Å². The van der Waals surface area contributed by atoms with Gasteiger partial charge in [0.25, 0.3) is 0 Å². The molecule has 1 amide bonds. The Kier molecular flexibility index (Phi) is 9.69. The summed E-state index contributed by atoms with van der Waals surface area (Å²) in [7, 11) is -7.14. The third-order valence-corrected chi connectivity index (χ3v) is 11.6. The van der Waals surface area contributed by atoms with Gasteiger partial charge in [-0.3, -0.25) is 9.88 Å². The first-order valence-electron chi connectivity index (χ1n) is 15.9. The predicted molar refractivity (Wildman–Crippen MR) is 183 cm³/mol. The lowest BCUT2D eigenvalue weighted by Crippen LogP contribution is -2.54. The van der Waals surface area contributed by atoms with E-state index in [1.54, 1.807) is 30.6 Å². The standard InChI is InChI=1S/C34H41F3N4O6SSi/c1-32(2,3)33(14-7-15-41(33)31(42)43)30-39-21-29(40(30)22-46-16-17-49(4,5)6)26-11-13-28(38-20-26)25-9-8-24-19-27(12-10-23(24)18-25)47-48(44,45)34(35,36)37/h8-13,18-21H,7,14-17,22H2,1-6H3,(H,42,43)/t33-/m1/s1. The summed E-state index contributed by atoms with van der Waals surface area (Å²) in [6.07, 6.45) is 3.81. The maximum Gasteiger partial charge on any atom is 0.534 e. The minimum absolute atomic E-state index is 0.197. The van der Waals surface area contributed by atoms with Crippen LogP contribution in [0.25, 0.3) is 33.3 Å². The molecule has 2 aromatic carbocycles. The number of pyridine rings is 1. The van der Waals surface area contributed by atoms with Gasteiger partial charge >= 0.3 is 21.7 Å². The van der Waals surface area contributed by atoms with Gasteiger partial charge in [0, 0.05) is 38.5 Å². The number of aromatic nitrogens is 3. The summed E-state index contributed by atoms with van der Waals surface area (Å²) < 4.78 is 73.6. The first-order valence-corrected chi connectivity index (χ1v) is 21.0. The molecule has 2 aromatic heterocycles. The van der Waals surface area contributed by atoms with E-state index in [1.165, 1.54) is 17.0 Å². The Morgan fingerprint density at radius 1 is 0.980 bits per heavy atom. The van der Waals surface area contributed by atoms with E-state index in [0.29, 0.717) is 48.3 Å². The highest BCUT2D eigenvalue weighted by Gasteiger charge is 2.56. The number of hydrogen-bond donors (Lipinski definition) is 1. The van der Waals surface area contributed by atoms with Crippen LogP contribution >= 0.6 is 0 Å². The van der Waals surface area contributed by atoms with Gasteiger partial charge in [0.2, 0.25) is 0 Å². The number of rotatable bonds is 10. The number of fused-ring (bicyclic) bond motifs is 1. The fourth-order valence-electron chi connectivity index (χ4n) is 6.35. The van der Waals surface area contributed by atoms with Gasteiger partial charge < -0.3 is 18.6 Å². The fraction of sp³-hybridized carbons (Fsp3) is 0.441. The molecule has 49 heavy (non-hydrogen) atoms. The maximum atomic E-state index is 12.8. The van der Waals surface area contributed by atoms with Crippen molar-refractivity contribution in [2.45, 2.75) is 77.1 Å². The second-order valence-electron chi connectivity index (χ2n) is 14.5. The second kappa shape index (κ2) is 13.1. The molecule has 264 valence electrons. The number of carboxylic acid groups (broad SMARTS) is 1. The number of nitrogens with zero attached hydrogens (tertiary/aromatic N) is 4. The first-order chi connectivity index (χ1) is 22.7. The zero-order chi connectivity index (χ0) is 36.0. The molecule has 1 aliphatic heterocycles. The smallest absolute Gasteiger partial charge is 0.465 e. The van der Waals surface area contributed by atoms with Crippen molar-refractivity contribution in [3.8, 4) is 28.3 Å². The lowest BCUT2D eigenvalue weighted by Gasteiger charge is -2.46. The van der Waals surface area contributed by atoms with Crippen molar-refractivity contribution in [2.24, 2.45) is 5.41 Å². The molecule has 1 aliphatic rings. The van der Waals surface area contributed by atoms with Crippen LogP contribution in [-0.2, 0) is 27.1 Å². The van der Waals surface area contributed by atoms with Crippen LogP contribution in [0.2, 0.25) is 25.7 Å². The third kappa shape index (κ3) is 7.33. The molecule has 0 unspecified atom stereocenters. The highest BCUT2D eigenvalue weighted by molar-refractivity contribution is 7.88. The third-order valence-electron chi connectivity index (χ3n) is 8.95. The Morgan fingerprint density at radius 2 is 1.65 bits per heavy atom. The summed E-state index contributed by atoms with van der Waals surface area (Å²) in [4.78, 5) is 23.6. The Hall–Kier alpha value is -3.95. The summed E-state index contributed by atoms with van der Waals surface area (Å²) in [6, 6.07) is 13.8. The summed E-state index contributed by atoms with van der Waals surface area (Å²) in [5.74, 6) is 0.186. The number of imidazole rings is 1. The number of likely N-dealkylation sites (tertiary alicyclic amines) is 1. The van der Waals surface area contributed by atoms with Crippen LogP contribution in [0, 0.1) is 5.41 Å². The molecule has 15 heteroatoms. The van der Waals surface area contributed by atoms with Gasteiger partial charge in [-0.2, -0.15) is 21.6 Å². The van der Waals surface area contributed by atoms with E-state index in [-0.39, 0.29) is 6.73 Å². The Morgan fingerprint density at radius 3 is 2.27 bits per heavy atom. The van der Waals surface area contributed by atoms with Crippen LogP contribution in [0.1, 0.15) is 39.4 Å². The van der Waals surface area contributed by atoms with Crippen LogP contribution in [0.3, 0.4) is 0 Å². The lowest BCUT2D eigenvalue weighted by molar-refractivity contribution is -0.0500. The molecule has 1 atom stereocenters. The number of benzene rings is 2. The van der Waals surface area contributed by atoms with Crippen molar-refractivity contribution >= 4 is 35.1 Å². The monoisotopic (exact) mass is 718 g/mol. The van der Waals surface area contributed by atoms with E-state index >= 15 is 0 Å². The number of amides is 1. The number of ether oxygens (including phenoxy) is 1. The Balaban J connectivity index is 1.48. The molecule has 5 rings (SSSR count). The summed E-state index contributed by atoms with van der Waals surface area (Å²) >= 11 is 0. The second-order valence-corrected chi connectivity index (χ2v) is 21.7. The molecule has 0 bridgehead atoms. The largest absolute Gasteiger partial charge is 0.534 e. The van der Waals surface area contributed by atoms with Crippen LogP contribution in [-0.4, -0.2) is 65.8 Å². The van der Waals surface area contributed by atoms with Gasteiger partial charge in [0.1, 0.15) is 23.8 Å². The lowest BCUT2D eigenvalue weighted by atomic mass is 9.71. The average Bonchev–Trinajstić information content (AvgIpc) is 3.63. The van der Waals surface area contributed by atoms with Crippen molar-refractivity contribution in [3.63, 3.8) is 0 Å². The molecule has 0 saturated carbocycles. The summed E-state index contributed by atoms with van der Waals surface area (Å²) in [5.41, 5.74) is -4.03. The fourth-order valence-corrected chi connectivity index (χ4v) is 7.56. The van der Waals surface area contributed by atoms with Crippen LogP contribution in [0.4, 0.5) is 18.0 Å². The van der Waals surface area contributed by atoms with E-state index in [1.807, 2.05) is 37.5 Å². The first kappa shape index (κ1) is 36.3. The van der Waals surface area contributed by atoms with Crippen LogP contribution < -0.4 is 4.18 Å². The van der Waals surface area contributed by atoms with Crippen molar-refractivity contribution in [2.75, 3.05) is 13.2 Å². The van der Waals surface area contributed by atoms with Gasteiger partial charge in [-0.15, -0.1) is 0 Å². The molecule has 1 saturated heterocycles. The molecular weight excluding hydrogens is 678 g/mol. The van der Waals surface area contributed by atoms with E-state index in [2.05, 4.69) is 23.8 Å². The predicted octanol–water partition coefficient (Wildman–Crippen LogP) is 8.32. The molecular formula is C34H41F3N4O6SSi. The Bertz CT molecular complexity index is 1950. The normalized spacial score (nSPS) is 17.5. The zero-order valence-corrected chi connectivity index (χ0v) is 30.2. The topological polar surface area (TPSA) is 124 Å². The van der Waals surface area contributed by atoms with Gasteiger partial charge in [0.05, 0.1) is 17.6 Å². The summed E-state index contributed by atoms with van der Waals surface area (Å²) in [5, 5.41) is 11.4. The van der Waals surface area contributed by atoms with Crippen LogP contribution in [0.5, 0.6) is 5.75 Å². The van der Waals surface area contributed by atoms with E-state index in [0.717, 1.165) is 28.9 Å². The molecule has 1 N–H and O–H groups in total. The quantitative estimate of drug-likeness (QED) is 0.0752. The van der Waals surface area contributed by atoms with Crippen LogP contribution in [0.15, 0.2) is 60.9 Å². The van der Waals surface area contributed by atoms with Gasteiger partial charge in [-0.25, -0.2) is 9.78 Å². The number of hydrogen-bond acceptors (Lipinski definition) is 7. The number of carbonyl (C=O) groups is 1. The highest BCUT2D eigenvalue weighted by atomic mass is 32.2. The molecule has 1 fully saturated rings. The minimum atomic E-state index is -5.79. The van der Waals surface area contributed by atoms with E-state index in [9.17, 15) is 31.5 Å². The van der Waals surface area contributed by atoms with Crippen molar-refractivity contribution in [1.29, 1.82) is 0 Å². The van der Waals surface area contributed by atoms with E-state index in [4.69, 9.17) is 14.7 Å². The Labute approximate surface area is 285 Å². The molecule has 3 heterocycles. The van der Waals surface area contributed by atoms with Crippen molar-refractivity contribution in [1.82, 2.24) is 19.4 Å². The highest BCUT2D eigenvalue weighted by Crippen LogP contribution is 2.51. The summed E-state index contributed by atoms with van der Waals surface area (Å²) in [6.45, 7) is 14.1. The maximum absolute atomic E-state index is 12.8. The molecule has 0 spiro atoms. The zero-order valence-electron chi connectivity index (χ0n) is 28.3. The molecule has 10 nitrogen and oxygen atoms in total.